The zero-order valence-electron chi connectivity index (χ0n) is 16.7. The Morgan fingerprint density at radius 3 is 2.79 bits per heavy atom. The number of nitrogens with zero attached hydrogens (tertiary/aromatic N) is 2. The Bertz CT molecular complexity index is 1050. The Morgan fingerprint density at radius 1 is 1.28 bits per heavy atom. The van der Waals surface area contributed by atoms with Gasteiger partial charge in [-0.3, -0.25) is 4.79 Å². The number of benzene rings is 2. The van der Waals surface area contributed by atoms with Crippen LogP contribution in [0.15, 0.2) is 48.7 Å². The fraction of sp³-hybridized carbons (Fsp3) is 0.304. The van der Waals surface area contributed by atoms with Crippen LogP contribution in [-0.2, 0) is 11.3 Å². The van der Waals surface area contributed by atoms with Crippen LogP contribution in [-0.4, -0.2) is 22.9 Å². The average molecular weight is 411 g/mol. The van der Waals surface area contributed by atoms with Crippen LogP contribution in [0.1, 0.15) is 35.4 Å². The lowest BCUT2D eigenvalue weighted by molar-refractivity contribution is -0.132. The molecule has 0 spiro atoms. The first-order chi connectivity index (χ1) is 14.0. The van der Waals surface area contributed by atoms with Crippen molar-refractivity contribution in [1.82, 2.24) is 9.88 Å². The number of rotatable bonds is 5. The van der Waals surface area contributed by atoms with E-state index < -0.39 is 0 Å². The maximum atomic E-state index is 14.7. The summed E-state index contributed by atoms with van der Waals surface area (Å²) in [6, 6.07) is 12.5. The summed E-state index contributed by atoms with van der Waals surface area (Å²) in [7, 11) is 1.53. The molecule has 1 aromatic heterocycles. The highest BCUT2D eigenvalue weighted by atomic mass is 32.1. The quantitative estimate of drug-likeness (QED) is 0.567. The summed E-state index contributed by atoms with van der Waals surface area (Å²) in [6.45, 7) is 4.35. The molecular formula is C23H23FN2O2S. The van der Waals surface area contributed by atoms with Crippen LogP contribution >= 0.6 is 11.3 Å². The van der Waals surface area contributed by atoms with E-state index in [1.54, 1.807) is 28.4 Å². The van der Waals surface area contributed by atoms with Crippen molar-refractivity contribution < 1.29 is 13.9 Å². The number of carbonyl (C=O) groups excluding carboxylic acids is 1. The molecule has 4 nitrogen and oxygen atoms in total. The summed E-state index contributed by atoms with van der Waals surface area (Å²) < 4.78 is 20.1. The zero-order valence-corrected chi connectivity index (χ0v) is 17.5. The monoisotopic (exact) mass is 410 g/mol. The Kier molecular flexibility index (Phi) is 5.37. The number of methoxy groups -OCH3 is 1. The van der Waals surface area contributed by atoms with E-state index >= 15 is 0 Å². The standard InChI is InChI=1S/C23H23FN2O2S/c1-14-10-19(21-18(24)8-5-9-20(21)28-3)26(23(14)27)13-16-6-4-7-17(11-16)22-25-12-15(2)29-22/h4-9,11-12,14,19H,10,13H2,1-3H3. The van der Waals surface area contributed by atoms with Gasteiger partial charge in [-0.2, -0.15) is 0 Å². The summed E-state index contributed by atoms with van der Waals surface area (Å²) in [5.74, 6) is 0.0204. The molecule has 6 heteroatoms. The van der Waals surface area contributed by atoms with Crippen molar-refractivity contribution in [3.63, 3.8) is 0 Å². The summed E-state index contributed by atoms with van der Waals surface area (Å²) in [4.78, 5) is 20.3. The van der Waals surface area contributed by atoms with E-state index in [-0.39, 0.29) is 23.7 Å². The van der Waals surface area contributed by atoms with Gasteiger partial charge in [-0.15, -0.1) is 11.3 Å². The second-order valence-corrected chi connectivity index (χ2v) is 8.69. The SMILES string of the molecule is COc1cccc(F)c1C1CC(C)C(=O)N1Cc1cccc(-c2ncc(C)s2)c1. The number of likely N-dealkylation sites (tertiary alicyclic amines) is 1. The minimum absolute atomic E-state index is 0.0378. The Balaban J connectivity index is 1.67. The molecule has 1 amide bonds. The van der Waals surface area contributed by atoms with Gasteiger partial charge in [-0.05, 0) is 37.1 Å². The summed E-state index contributed by atoms with van der Waals surface area (Å²) in [5.41, 5.74) is 2.48. The predicted octanol–water partition coefficient (Wildman–Crippen LogP) is 5.38. The van der Waals surface area contributed by atoms with Crippen molar-refractivity contribution in [3.05, 3.63) is 70.5 Å². The topological polar surface area (TPSA) is 42.4 Å². The summed E-state index contributed by atoms with van der Waals surface area (Å²) >= 11 is 1.64. The molecule has 0 bridgehead atoms. The van der Waals surface area contributed by atoms with Gasteiger partial charge in [0.15, 0.2) is 0 Å². The lowest BCUT2D eigenvalue weighted by Crippen LogP contribution is -2.29. The van der Waals surface area contributed by atoms with Gasteiger partial charge in [0, 0.05) is 29.1 Å². The molecule has 150 valence electrons. The molecule has 3 aromatic rings. The Hall–Kier alpha value is -2.73. The molecule has 0 aliphatic carbocycles. The van der Waals surface area contributed by atoms with Gasteiger partial charge in [-0.25, -0.2) is 9.37 Å². The second-order valence-electron chi connectivity index (χ2n) is 7.45. The molecule has 29 heavy (non-hydrogen) atoms. The largest absolute Gasteiger partial charge is 0.496 e. The molecule has 2 aromatic carbocycles. The van der Waals surface area contributed by atoms with E-state index in [9.17, 15) is 9.18 Å². The number of halogens is 1. The highest BCUT2D eigenvalue weighted by molar-refractivity contribution is 7.14. The molecule has 1 fully saturated rings. The van der Waals surface area contributed by atoms with Crippen LogP contribution < -0.4 is 4.74 Å². The number of hydrogen-bond donors (Lipinski definition) is 0. The third-order valence-corrected chi connectivity index (χ3v) is 6.33. The van der Waals surface area contributed by atoms with Crippen LogP contribution in [0.2, 0.25) is 0 Å². The minimum atomic E-state index is -0.348. The molecule has 2 heterocycles. The van der Waals surface area contributed by atoms with Crippen molar-refractivity contribution in [2.45, 2.75) is 32.9 Å². The molecular weight excluding hydrogens is 387 g/mol. The molecule has 0 radical (unpaired) electrons. The van der Waals surface area contributed by atoms with Crippen molar-refractivity contribution in [3.8, 4) is 16.3 Å². The van der Waals surface area contributed by atoms with Crippen LogP contribution in [0.25, 0.3) is 10.6 Å². The van der Waals surface area contributed by atoms with Crippen LogP contribution in [0.3, 0.4) is 0 Å². The van der Waals surface area contributed by atoms with E-state index in [1.807, 2.05) is 38.2 Å². The minimum Gasteiger partial charge on any atom is -0.496 e. The first kappa shape index (κ1) is 19.6. The number of hydrogen-bond acceptors (Lipinski definition) is 4. The molecule has 1 saturated heterocycles. The number of amides is 1. The molecule has 2 atom stereocenters. The van der Waals surface area contributed by atoms with E-state index in [2.05, 4.69) is 11.1 Å². The maximum absolute atomic E-state index is 14.7. The van der Waals surface area contributed by atoms with Crippen LogP contribution in [0.4, 0.5) is 4.39 Å². The molecule has 1 aliphatic rings. The smallest absolute Gasteiger partial charge is 0.226 e. The fourth-order valence-electron chi connectivity index (χ4n) is 3.97. The molecule has 0 N–H and O–H groups in total. The highest BCUT2D eigenvalue weighted by Gasteiger charge is 2.40. The Morgan fingerprint density at radius 2 is 2.07 bits per heavy atom. The molecule has 2 unspecified atom stereocenters. The number of aromatic nitrogens is 1. The molecule has 4 rings (SSSR count). The first-order valence-electron chi connectivity index (χ1n) is 9.62. The average Bonchev–Trinajstić information content (AvgIpc) is 3.27. The van der Waals surface area contributed by atoms with E-state index in [0.717, 1.165) is 21.0 Å². The van der Waals surface area contributed by atoms with Crippen LogP contribution in [0.5, 0.6) is 5.75 Å². The van der Waals surface area contributed by atoms with Gasteiger partial charge >= 0.3 is 0 Å². The summed E-state index contributed by atoms with van der Waals surface area (Å²) in [5, 5.41) is 0.956. The van der Waals surface area contributed by atoms with Crippen molar-refractivity contribution in [1.29, 1.82) is 0 Å². The van der Waals surface area contributed by atoms with Crippen molar-refractivity contribution in [2.24, 2.45) is 5.92 Å². The normalized spacial score (nSPS) is 19.0. The number of aryl methyl sites for hydroxylation is 1. The lowest BCUT2D eigenvalue weighted by Gasteiger charge is -2.27. The third-order valence-electron chi connectivity index (χ3n) is 5.37. The Labute approximate surface area is 174 Å². The number of ether oxygens (including phenoxy) is 1. The van der Waals surface area contributed by atoms with Gasteiger partial charge in [-0.1, -0.05) is 31.2 Å². The molecule has 0 saturated carbocycles. The van der Waals surface area contributed by atoms with E-state index in [4.69, 9.17) is 4.74 Å². The van der Waals surface area contributed by atoms with E-state index in [0.29, 0.717) is 24.3 Å². The first-order valence-corrected chi connectivity index (χ1v) is 10.4. The lowest BCUT2D eigenvalue weighted by atomic mass is 9.99. The number of thiazole rings is 1. The number of carbonyl (C=O) groups is 1. The highest BCUT2D eigenvalue weighted by Crippen LogP contribution is 2.42. The van der Waals surface area contributed by atoms with Crippen LogP contribution in [0, 0.1) is 18.7 Å². The van der Waals surface area contributed by atoms with Gasteiger partial charge < -0.3 is 9.64 Å². The second kappa shape index (κ2) is 7.95. The van der Waals surface area contributed by atoms with Gasteiger partial charge in [0.2, 0.25) is 5.91 Å². The van der Waals surface area contributed by atoms with Gasteiger partial charge in [0.25, 0.3) is 0 Å². The fourth-order valence-corrected chi connectivity index (χ4v) is 4.73. The molecule has 1 aliphatic heterocycles. The van der Waals surface area contributed by atoms with Gasteiger partial charge in [0.05, 0.1) is 18.7 Å². The van der Waals surface area contributed by atoms with Crippen molar-refractivity contribution in [2.75, 3.05) is 7.11 Å². The predicted molar refractivity (Wildman–Crippen MR) is 112 cm³/mol. The third kappa shape index (κ3) is 3.77. The summed E-state index contributed by atoms with van der Waals surface area (Å²) in [6.07, 6.45) is 2.43. The van der Waals surface area contributed by atoms with Crippen molar-refractivity contribution >= 4 is 17.2 Å². The van der Waals surface area contributed by atoms with E-state index in [1.165, 1.54) is 13.2 Å². The maximum Gasteiger partial charge on any atom is 0.226 e. The van der Waals surface area contributed by atoms with Gasteiger partial charge in [0.1, 0.15) is 16.6 Å². The zero-order chi connectivity index (χ0) is 20.5.